The predicted molar refractivity (Wildman–Crippen MR) is 80.8 cm³/mol. The summed E-state index contributed by atoms with van der Waals surface area (Å²) in [5, 5.41) is 17.2. The first-order valence-corrected chi connectivity index (χ1v) is 6.77. The highest BCUT2D eigenvalue weighted by molar-refractivity contribution is 9.10. The van der Waals surface area contributed by atoms with E-state index in [0.29, 0.717) is 5.56 Å². The van der Waals surface area contributed by atoms with Crippen molar-refractivity contribution in [3.63, 3.8) is 0 Å². The zero-order valence-electron chi connectivity index (χ0n) is 11.1. The van der Waals surface area contributed by atoms with Crippen molar-refractivity contribution in [3.05, 3.63) is 64.1 Å². The molecule has 8 heteroatoms. The number of rotatable bonds is 2. The van der Waals surface area contributed by atoms with Crippen molar-refractivity contribution in [2.24, 2.45) is 0 Å². The lowest BCUT2D eigenvalue weighted by molar-refractivity contribution is -0.137. The van der Waals surface area contributed by atoms with Crippen molar-refractivity contribution in [2.75, 3.05) is 0 Å². The van der Waals surface area contributed by atoms with Gasteiger partial charge in [-0.2, -0.15) is 13.2 Å². The number of hydrogen-bond acceptors (Lipinski definition) is 3. The average Bonchev–Trinajstić information content (AvgIpc) is 2.48. The third-order valence-electron chi connectivity index (χ3n) is 2.54. The van der Waals surface area contributed by atoms with Gasteiger partial charge in [0.25, 0.3) is 0 Å². The zero-order chi connectivity index (χ0) is 16.8. The summed E-state index contributed by atoms with van der Waals surface area (Å²) in [5.74, 6) is 0. The Balaban J connectivity index is 0.000000235. The van der Waals surface area contributed by atoms with Crippen LogP contribution in [0.2, 0.25) is 0 Å². The third kappa shape index (κ3) is 6.01. The van der Waals surface area contributed by atoms with Crippen LogP contribution in [0.1, 0.15) is 15.9 Å². The molecule has 0 aliphatic carbocycles. The summed E-state index contributed by atoms with van der Waals surface area (Å²) in [7, 11) is -1.73. The maximum atomic E-state index is 12.0. The highest BCUT2D eigenvalue weighted by Gasteiger charge is 2.30. The Kier molecular flexibility index (Phi) is 6.79. The summed E-state index contributed by atoms with van der Waals surface area (Å²) < 4.78 is 37.0. The van der Waals surface area contributed by atoms with E-state index in [2.05, 4.69) is 15.9 Å². The van der Waals surface area contributed by atoms with Crippen LogP contribution < -0.4 is 5.46 Å². The molecule has 116 valence electrons. The molecule has 0 heterocycles. The van der Waals surface area contributed by atoms with Crippen LogP contribution in [-0.4, -0.2) is 23.5 Å². The molecule has 0 saturated carbocycles. The van der Waals surface area contributed by atoms with E-state index in [0.717, 1.165) is 35.0 Å². The first-order valence-electron chi connectivity index (χ1n) is 5.98. The molecule has 0 radical (unpaired) electrons. The van der Waals surface area contributed by atoms with Gasteiger partial charge in [0, 0.05) is 10.0 Å². The Morgan fingerprint density at radius 1 is 0.955 bits per heavy atom. The van der Waals surface area contributed by atoms with Gasteiger partial charge >= 0.3 is 13.3 Å². The number of alkyl halides is 3. The molecule has 0 fully saturated rings. The maximum absolute atomic E-state index is 12.0. The number of aldehydes is 1. The molecule has 0 aromatic heterocycles. The summed E-state index contributed by atoms with van der Waals surface area (Å²) in [6, 6.07) is 10.8. The number of halogens is 4. The van der Waals surface area contributed by atoms with E-state index in [4.69, 9.17) is 10.0 Å². The second-order valence-electron chi connectivity index (χ2n) is 4.16. The monoisotopic (exact) mass is 374 g/mol. The van der Waals surface area contributed by atoms with Gasteiger partial charge in [0.1, 0.15) is 6.29 Å². The molecule has 2 aromatic carbocycles. The molecule has 22 heavy (non-hydrogen) atoms. The lowest BCUT2D eigenvalue weighted by Gasteiger charge is -2.06. The smallest absolute Gasteiger partial charge is 0.423 e. The molecule has 2 aromatic rings. The van der Waals surface area contributed by atoms with Gasteiger partial charge < -0.3 is 10.0 Å². The first-order chi connectivity index (χ1) is 10.2. The molecule has 2 rings (SSSR count). The summed E-state index contributed by atoms with van der Waals surface area (Å²) in [4.78, 5) is 10.1. The second-order valence-corrected chi connectivity index (χ2v) is 5.08. The van der Waals surface area contributed by atoms with Gasteiger partial charge in [-0.3, -0.25) is 4.79 Å². The van der Waals surface area contributed by atoms with Crippen LogP contribution in [0.3, 0.4) is 0 Å². The SMILES string of the molecule is O=Cc1ccc(Br)cc1.OB(O)c1ccc(C(F)(F)F)cc1. The topological polar surface area (TPSA) is 57.5 Å². The van der Waals surface area contributed by atoms with Crippen LogP contribution in [0.25, 0.3) is 0 Å². The standard InChI is InChI=1S/C7H6BF3O2.C7H5BrO/c9-7(10,11)5-1-3-6(4-2-5)8(12)13;8-7-3-1-6(5-9)2-4-7/h1-4,12-13H;1-5H. The molecule has 0 bridgehead atoms. The lowest BCUT2D eigenvalue weighted by atomic mass is 9.80. The van der Waals surface area contributed by atoms with Crippen molar-refractivity contribution < 1.29 is 28.0 Å². The fraction of sp³-hybridized carbons (Fsp3) is 0.0714. The van der Waals surface area contributed by atoms with Gasteiger partial charge in [-0.25, -0.2) is 0 Å². The summed E-state index contributed by atoms with van der Waals surface area (Å²) in [6.45, 7) is 0. The Labute approximate surface area is 133 Å². The minimum absolute atomic E-state index is 0.0352. The second kappa shape index (κ2) is 8.12. The van der Waals surface area contributed by atoms with E-state index in [-0.39, 0.29) is 5.46 Å². The molecule has 0 spiro atoms. The Morgan fingerprint density at radius 3 is 1.82 bits per heavy atom. The Bertz CT molecular complexity index is 598. The van der Waals surface area contributed by atoms with E-state index in [1.54, 1.807) is 12.1 Å². The average molecular weight is 375 g/mol. The lowest BCUT2D eigenvalue weighted by Crippen LogP contribution is -2.29. The van der Waals surface area contributed by atoms with Gasteiger partial charge in [-0.1, -0.05) is 52.3 Å². The highest BCUT2D eigenvalue weighted by Crippen LogP contribution is 2.28. The zero-order valence-corrected chi connectivity index (χ0v) is 12.7. The minimum Gasteiger partial charge on any atom is -0.423 e. The molecular weight excluding hydrogens is 364 g/mol. The van der Waals surface area contributed by atoms with Gasteiger partial charge in [-0.15, -0.1) is 0 Å². The number of carbonyl (C=O) groups excluding carboxylic acids is 1. The molecule has 0 amide bonds. The van der Waals surface area contributed by atoms with Crippen LogP contribution in [-0.2, 0) is 6.18 Å². The van der Waals surface area contributed by atoms with Gasteiger partial charge in [0.05, 0.1) is 5.56 Å². The number of hydrogen-bond donors (Lipinski definition) is 2. The molecule has 0 aliphatic heterocycles. The molecule has 2 N–H and O–H groups in total. The molecule has 0 aliphatic rings. The minimum atomic E-state index is -4.39. The van der Waals surface area contributed by atoms with E-state index < -0.39 is 18.9 Å². The Hall–Kier alpha value is -1.64. The van der Waals surface area contributed by atoms with Gasteiger partial charge in [0.2, 0.25) is 0 Å². The van der Waals surface area contributed by atoms with Crippen LogP contribution in [0, 0.1) is 0 Å². The summed E-state index contributed by atoms with van der Waals surface area (Å²) >= 11 is 3.26. The number of benzene rings is 2. The highest BCUT2D eigenvalue weighted by atomic mass is 79.9. The van der Waals surface area contributed by atoms with Crippen molar-refractivity contribution >= 4 is 34.8 Å². The van der Waals surface area contributed by atoms with Crippen molar-refractivity contribution in [3.8, 4) is 0 Å². The van der Waals surface area contributed by atoms with Crippen molar-refractivity contribution in [1.82, 2.24) is 0 Å². The quantitative estimate of drug-likeness (QED) is 0.627. The fourth-order valence-corrected chi connectivity index (χ4v) is 1.65. The van der Waals surface area contributed by atoms with Crippen molar-refractivity contribution in [1.29, 1.82) is 0 Å². The fourth-order valence-electron chi connectivity index (χ4n) is 1.39. The normalized spacial score (nSPS) is 10.5. The van der Waals surface area contributed by atoms with E-state index in [1.807, 2.05) is 12.1 Å². The third-order valence-corrected chi connectivity index (χ3v) is 3.07. The van der Waals surface area contributed by atoms with Crippen LogP contribution in [0.4, 0.5) is 13.2 Å². The Morgan fingerprint density at radius 2 is 1.45 bits per heavy atom. The first kappa shape index (κ1) is 18.4. The predicted octanol–water partition coefficient (Wildman–Crippen LogP) is 2.65. The van der Waals surface area contributed by atoms with Crippen LogP contribution in [0.5, 0.6) is 0 Å². The van der Waals surface area contributed by atoms with Crippen LogP contribution in [0.15, 0.2) is 53.0 Å². The van der Waals surface area contributed by atoms with E-state index in [1.165, 1.54) is 0 Å². The van der Waals surface area contributed by atoms with Gasteiger partial charge in [0.15, 0.2) is 0 Å². The van der Waals surface area contributed by atoms with Gasteiger partial charge in [-0.05, 0) is 17.6 Å². The van der Waals surface area contributed by atoms with E-state index in [9.17, 15) is 18.0 Å². The summed E-state index contributed by atoms with van der Waals surface area (Å²) in [6.07, 6.45) is -3.56. The van der Waals surface area contributed by atoms with Crippen molar-refractivity contribution in [2.45, 2.75) is 6.18 Å². The molecule has 0 atom stereocenters. The summed E-state index contributed by atoms with van der Waals surface area (Å²) in [5.41, 5.74) is -0.0666. The van der Waals surface area contributed by atoms with E-state index >= 15 is 0 Å². The largest absolute Gasteiger partial charge is 0.488 e. The molecule has 0 unspecified atom stereocenters. The molecular formula is C14H11BBrF3O3. The molecule has 3 nitrogen and oxygen atoms in total. The number of carbonyl (C=O) groups is 1. The maximum Gasteiger partial charge on any atom is 0.488 e. The molecule has 0 saturated heterocycles. The van der Waals surface area contributed by atoms with Crippen LogP contribution >= 0.6 is 15.9 Å².